The lowest BCUT2D eigenvalue weighted by molar-refractivity contribution is -0.141. The fraction of sp³-hybridized carbons (Fsp3) is 0.833. The van der Waals surface area contributed by atoms with Crippen molar-refractivity contribution >= 4 is 23.8 Å². The molecule has 2 amide bonds. The first kappa shape index (κ1) is 15.1. The van der Waals surface area contributed by atoms with E-state index < -0.39 is 12.0 Å². The SMILES string of the molecule is CC(C)CCCNC(=O)N1CCSCC1C(=O)O. The normalized spacial score (nSPS) is 19.9. The summed E-state index contributed by atoms with van der Waals surface area (Å²) in [6.07, 6.45) is 2.00. The molecule has 0 aromatic heterocycles. The Bertz CT molecular complexity index is 297. The molecule has 1 aliphatic heterocycles. The molecule has 0 aromatic carbocycles. The van der Waals surface area contributed by atoms with E-state index in [0.717, 1.165) is 18.6 Å². The van der Waals surface area contributed by atoms with Crippen LogP contribution in [0, 0.1) is 5.92 Å². The van der Waals surface area contributed by atoms with Crippen LogP contribution in [0.4, 0.5) is 4.79 Å². The summed E-state index contributed by atoms with van der Waals surface area (Å²) < 4.78 is 0. The van der Waals surface area contributed by atoms with Gasteiger partial charge in [0.25, 0.3) is 0 Å². The van der Waals surface area contributed by atoms with Crippen molar-refractivity contribution in [1.82, 2.24) is 10.2 Å². The second kappa shape index (κ2) is 7.51. The standard InChI is InChI=1S/C12H22N2O3S/c1-9(2)4-3-5-13-12(17)14-6-7-18-8-10(14)11(15)16/h9-10H,3-8H2,1-2H3,(H,13,17)(H,15,16). The Morgan fingerprint density at radius 1 is 1.50 bits per heavy atom. The number of hydrogen-bond acceptors (Lipinski definition) is 3. The van der Waals surface area contributed by atoms with Gasteiger partial charge in [0.1, 0.15) is 6.04 Å². The Kier molecular flexibility index (Phi) is 6.32. The Hall–Kier alpha value is -0.910. The van der Waals surface area contributed by atoms with Crippen LogP contribution in [0.25, 0.3) is 0 Å². The van der Waals surface area contributed by atoms with Crippen LogP contribution < -0.4 is 5.32 Å². The lowest BCUT2D eigenvalue weighted by Crippen LogP contribution is -2.53. The van der Waals surface area contributed by atoms with E-state index in [9.17, 15) is 9.59 Å². The molecule has 0 radical (unpaired) electrons. The number of thioether (sulfide) groups is 1. The quantitative estimate of drug-likeness (QED) is 0.748. The molecule has 1 rings (SSSR count). The van der Waals surface area contributed by atoms with Crippen molar-refractivity contribution in [2.45, 2.75) is 32.7 Å². The van der Waals surface area contributed by atoms with Crippen LogP contribution in [-0.4, -0.2) is 52.6 Å². The van der Waals surface area contributed by atoms with E-state index in [0.29, 0.717) is 24.8 Å². The highest BCUT2D eigenvalue weighted by Gasteiger charge is 2.32. The summed E-state index contributed by atoms with van der Waals surface area (Å²) in [6.45, 7) is 5.42. The van der Waals surface area contributed by atoms with Crippen LogP contribution in [0.15, 0.2) is 0 Å². The molecule has 1 atom stereocenters. The topological polar surface area (TPSA) is 69.6 Å². The second-order valence-corrected chi connectivity index (χ2v) is 6.04. The maximum Gasteiger partial charge on any atom is 0.327 e. The van der Waals surface area contributed by atoms with Gasteiger partial charge in [-0.2, -0.15) is 11.8 Å². The number of rotatable bonds is 5. The minimum atomic E-state index is -0.917. The molecule has 1 unspecified atom stereocenters. The summed E-state index contributed by atoms with van der Waals surface area (Å²) in [4.78, 5) is 24.4. The van der Waals surface area contributed by atoms with E-state index in [1.807, 2.05) is 0 Å². The Balaban J connectivity index is 2.36. The van der Waals surface area contributed by atoms with E-state index >= 15 is 0 Å². The van der Waals surface area contributed by atoms with Crippen molar-refractivity contribution in [3.05, 3.63) is 0 Å². The number of carbonyl (C=O) groups excluding carboxylic acids is 1. The number of nitrogens with one attached hydrogen (secondary N) is 1. The van der Waals surface area contributed by atoms with Gasteiger partial charge >= 0.3 is 12.0 Å². The molecule has 6 heteroatoms. The number of carboxylic acid groups (broad SMARTS) is 1. The van der Waals surface area contributed by atoms with Gasteiger partial charge < -0.3 is 15.3 Å². The lowest BCUT2D eigenvalue weighted by atomic mass is 10.1. The predicted molar refractivity (Wildman–Crippen MR) is 72.9 cm³/mol. The average Bonchev–Trinajstić information content (AvgIpc) is 2.34. The smallest absolute Gasteiger partial charge is 0.327 e. The fourth-order valence-electron chi connectivity index (χ4n) is 1.86. The molecule has 2 N–H and O–H groups in total. The third kappa shape index (κ3) is 4.76. The van der Waals surface area contributed by atoms with Crippen molar-refractivity contribution < 1.29 is 14.7 Å². The van der Waals surface area contributed by atoms with E-state index in [1.165, 1.54) is 4.90 Å². The summed E-state index contributed by atoms with van der Waals surface area (Å²) in [5.74, 6) is 0.998. The van der Waals surface area contributed by atoms with E-state index in [2.05, 4.69) is 19.2 Å². The van der Waals surface area contributed by atoms with Gasteiger partial charge in [-0.3, -0.25) is 0 Å². The van der Waals surface area contributed by atoms with Crippen molar-refractivity contribution in [2.75, 3.05) is 24.6 Å². The molecule has 0 aliphatic carbocycles. The molecular weight excluding hydrogens is 252 g/mol. The van der Waals surface area contributed by atoms with Gasteiger partial charge in [0, 0.05) is 24.6 Å². The summed E-state index contributed by atoms with van der Waals surface area (Å²) in [7, 11) is 0. The average molecular weight is 274 g/mol. The number of carboxylic acids is 1. The minimum absolute atomic E-state index is 0.244. The Morgan fingerprint density at radius 3 is 2.83 bits per heavy atom. The van der Waals surface area contributed by atoms with Crippen LogP contribution in [0.3, 0.4) is 0 Å². The molecule has 1 aliphatic rings. The number of carbonyl (C=O) groups is 2. The predicted octanol–water partition coefficient (Wildman–Crippen LogP) is 1.63. The van der Waals surface area contributed by atoms with Gasteiger partial charge in [0.15, 0.2) is 0 Å². The summed E-state index contributed by atoms with van der Waals surface area (Å²) >= 11 is 1.58. The van der Waals surface area contributed by atoms with Crippen LogP contribution in [0.5, 0.6) is 0 Å². The Labute approximate surface area is 112 Å². The zero-order valence-corrected chi connectivity index (χ0v) is 11.8. The van der Waals surface area contributed by atoms with E-state index in [4.69, 9.17) is 5.11 Å². The van der Waals surface area contributed by atoms with Crippen LogP contribution in [0.2, 0.25) is 0 Å². The van der Waals surface area contributed by atoms with Gasteiger partial charge in [-0.1, -0.05) is 13.8 Å². The van der Waals surface area contributed by atoms with E-state index in [-0.39, 0.29) is 6.03 Å². The van der Waals surface area contributed by atoms with Gasteiger partial charge in [-0.05, 0) is 18.8 Å². The van der Waals surface area contributed by atoms with Crippen molar-refractivity contribution in [1.29, 1.82) is 0 Å². The number of hydrogen-bond donors (Lipinski definition) is 2. The molecule has 0 spiro atoms. The molecule has 1 saturated heterocycles. The third-order valence-corrected chi connectivity index (χ3v) is 3.93. The van der Waals surface area contributed by atoms with Crippen LogP contribution >= 0.6 is 11.8 Å². The first-order valence-electron chi connectivity index (χ1n) is 6.37. The molecule has 104 valence electrons. The Morgan fingerprint density at radius 2 is 2.22 bits per heavy atom. The first-order chi connectivity index (χ1) is 8.52. The summed E-state index contributed by atoms with van der Waals surface area (Å²) in [6, 6.07) is -0.930. The van der Waals surface area contributed by atoms with Gasteiger partial charge in [-0.15, -0.1) is 0 Å². The maximum atomic E-state index is 11.9. The highest BCUT2D eigenvalue weighted by atomic mass is 32.2. The molecule has 1 heterocycles. The zero-order valence-electron chi connectivity index (χ0n) is 11.0. The van der Waals surface area contributed by atoms with Gasteiger partial charge in [0.2, 0.25) is 0 Å². The monoisotopic (exact) mass is 274 g/mol. The minimum Gasteiger partial charge on any atom is -0.480 e. The molecule has 5 nitrogen and oxygen atoms in total. The number of nitrogens with zero attached hydrogens (tertiary/aromatic N) is 1. The van der Waals surface area contributed by atoms with Gasteiger partial charge in [-0.25, -0.2) is 9.59 Å². The van der Waals surface area contributed by atoms with Gasteiger partial charge in [0.05, 0.1) is 0 Å². The first-order valence-corrected chi connectivity index (χ1v) is 7.53. The van der Waals surface area contributed by atoms with Crippen LogP contribution in [0.1, 0.15) is 26.7 Å². The maximum absolute atomic E-state index is 11.9. The van der Waals surface area contributed by atoms with E-state index in [1.54, 1.807) is 11.8 Å². The number of urea groups is 1. The number of aliphatic carboxylic acids is 1. The largest absolute Gasteiger partial charge is 0.480 e. The highest BCUT2D eigenvalue weighted by molar-refractivity contribution is 7.99. The molecule has 0 bridgehead atoms. The van der Waals surface area contributed by atoms with Crippen molar-refractivity contribution in [3.8, 4) is 0 Å². The third-order valence-electron chi connectivity index (χ3n) is 2.91. The molecular formula is C12H22N2O3S. The number of amides is 2. The van der Waals surface area contributed by atoms with Crippen molar-refractivity contribution in [3.63, 3.8) is 0 Å². The summed E-state index contributed by atoms with van der Waals surface area (Å²) in [5, 5.41) is 11.9. The highest BCUT2D eigenvalue weighted by Crippen LogP contribution is 2.16. The molecule has 0 aromatic rings. The fourth-order valence-corrected chi connectivity index (χ4v) is 2.90. The zero-order chi connectivity index (χ0) is 13.5. The lowest BCUT2D eigenvalue weighted by Gasteiger charge is -2.32. The summed E-state index contributed by atoms with van der Waals surface area (Å²) in [5.41, 5.74) is 0. The molecule has 1 fully saturated rings. The van der Waals surface area contributed by atoms with Crippen molar-refractivity contribution in [2.24, 2.45) is 5.92 Å². The second-order valence-electron chi connectivity index (χ2n) is 4.89. The molecule has 0 saturated carbocycles. The molecule has 18 heavy (non-hydrogen) atoms. The van der Waals surface area contributed by atoms with Crippen LogP contribution in [-0.2, 0) is 4.79 Å².